The van der Waals surface area contributed by atoms with Crippen LogP contribution in [-0.2, 0) is 9.59 Å². The lowest BCUT2D eigenvalue weighted by Crippen LogP contribution is -2.36. The first kappa shape index (κ1) is 30.1. The summed E-state index contributed by atoms with van der Waals surface area (Å²) < 4.78 is 0. The van der Waals surface area contributed by atoms with Crippen LogP contribution in [0.2, 0.25) is 0 Å². The summed E-state index contributed by atoms with van der Waals surface area (Å²) in [5.41, 5.74) is 0. The highest BCUT2D eigenvalue weighted by molar-refractivity contribution is 5.97. The molecule has 0 heterocycles. The smallest absolute Gasteiger partial charge is 0.141 e. The molecule has 0 aliphatic carbocycles. The van der Waals surface area contributed by atoms with Gasteiger partial charge in [-0.15, -0.1) is 0 Å². The third kappa shape index (κ3) is 20.8. The first-order valence-electron chi connectivity index (χ1n) is 13.9. The van der Waals surface area contributed by atoms with Crippen molar-refractivity contribution in [2.75, 3.05) is 0 Å². The summed E-state index contributed by atoms with van der Waals surface area (Å²) in [5.74, 6) is -2.15. The van der Waals surface area contributed by atoms with Crippen LogP contribution in [0.3, 0.4) is 0 Å². The Morgan fingerprint density at radius 2 is 0.839 bits per heavy atom. The second-order valence-corrected chi connectivity index (χ2v) is 9.59. The summed E-state index contributed by atoms with van der Waals surface area (Å²) in [5, 5.41) is 11.4. The van der Waals surface area contributed by atoms with Crippen LogP contribution < -0.4 is 5.11 Å². The van der Waals surface area contributed by atoms with Crippen molar-refractivity contribution in [1.29, 1.82) is 0 Å². The van der Waals surface area contributed by atoms with Gasteiger partial charge in [-0.05, 0) is 12.8 Å². The van der Waals surface area contributed by atoms with Gasteiger partial charge in [0.15, 0.2) is 0 Å². The van der Waals surface area contributed by atoms with Crippen molar-refractivity contribution >= 4 is 11.8 Å². The molecule has 0 radical (unpaired) electrons. The van der Waals surface area contributed by atoms with Gasteiger partial charge < -0.3 is 9.90 Å². The van der Waals surface area contributed by atoms with Crippen molar-refractivity contribution < 1.29 is 14.7 Å². The number of hydrogen-bond donors (Lipinski definition) is 0. The highest BCUT2D eigenvalue weighted by atomic mass is 16.4. The molecule has 0 spiro atoms. The van der Waals surface area contributed by atoms with Crippen LogP contribution in [0.1, 0.15) is 162 Å². The minimum atomic E-state index is -1.16. The molecule has 3 nitrogen and oxygen atoms in total. The minimum Gasteiger partial charge on any atom is -0.549 e. The Morgan fingerprint density at radius 3 is 1.19 bits per heavy atom. The fourth-order valence-electron chi connectivity index (χ4n) is 4.38. The van der Waals surface area contributed by atoms with Crippen LogP contribution >= 0.6 is 0 Å². The average molecular weight is 438 g/mol. The summed E-state index contributed by atoms with van der Waals surface area (Å²) in [6.07, 6.45) is 26.7. The van der Waals surface area contributed by atoms with E-state index in [0.717, 1.165) is 38.5 Å². The molecule has 3 heteroatoms. The number of aliphatic carboxylic acids is 1. The lowest BCUT2D eigenvalue weighted by molar-refractivity contribution is -0.310. The van der Waals surface area contributed by atoms with Crippen LogP contribution in [-0.4, -0.2) is 11.8 Å². The quantitative estimate of drug-likeness (QED) is 0.108. The maximum Gasteiger partial charge on any atom is 0.141 e. The van der Waals surface area contributed by atoms with E-state index in [1.54, 1.807) is 0 Å². The van der Waals surface area contributed by atoms with E-state index in [9.17, 15) is 14.7 Å². The van der Waals surface area contributed by atoms with Crippen molar-refractivity contribution in [3.8, 4) is 0 Å². The largest absolute Gasteiger partial charge is 0.549 e. The molecule has 0 bridgehead atoms. The van der Waals surface area contributed by atoms with E-state index in [1.807, 2.05) is 0 Å². The molecule has 0 aromatic heterocycles. The van der Waals surface area contributed by atoms with E-state index >= 15 is 0 Å². The Kier molecular flexibility index (Phi) is 23.1. The molecule has 0 rings (SSSR count). The van der Waals surface area contributed by atoms with Crippen LogP contribution in [0.15, 0.2) is 0 Å². The molecule has 0 fully saturated rings. The summed E-state index contributed by atoms with van der Waals surface area (Å²) in [6.45, 7) is 4.49. The van der Waals surface area contributed by atoms with Gasteiger partial charge in [0, 0.05) is 6.42 Å². The lowest BCUT2D eigenvalue weighted by Gasteiger charge is -2.16. The molecule has 0 aliphatic heterocycles. The number of ketones is 1. The van der Waals surface area contributed by atoms with Crippen molar-refractivity contribution in [1.82, 2.24) is 0 Å². The third-order valence-electron chi connectivity index (χ3n) is 6.55. The molecule has 1 atom stereocenters. The number of Topliss-reactive ketones (excluding diaryl/α,β-unsaturated/α-hetero) is 1. The summed E-state index contributed by atoms with van der Waals surface area (Å²) >= 11 is 0. The van der Waals surface area contributed by atoms with Gasteiger partial charge in [-0.25, -0.2) is 0 Å². The first-order chi connectivity index (χ1) is 15.1. The highest BCUT2D eigenvalue weighted by Crippen LogP contribution is 2.18. The van der Waals surface area contributed by atoms with E-state index in [2.05, 4.69) is 13.8 Å². The van der Waals surface area contributed by atoms with E-state index < -0.39 is 11.9 Å². The number of carbonyl (C=O) groups is 2. The van der Waals surface area contributed by atoms with Crippen molar-refractivity contribution in [3.63, 3.8) is 0 Å². The number of rotatable bonds is 25. The zero-order valence-electron chi connectivity index (χ0n) is 21.1. The summed E-state index contributed by atoms with van der Waals surface area (Å²) in [6, 6.07) is 0. The standard InChI is InChI=1S/C28H54O3/c1-3-5-7-9-11-13-15-17-19-21-23-25-27(29)26(28(30)31)24-22-20-18-16-14-12-10-8-6-4-2/h26H,3-25H2,1-2H3,(H,30,31)/p-1/t26-/m1/s1. The van der Waals surface area contributed by atoms with Gasteiger partial charge in [-0.3, -0.25) is 4.79 Å². The minimum absolute atomic E-state index is 0.105. The van der Waals surface area contributed by atoms with E-state index in [0.29, 0.717) is 12.8 Å². The second-order valence-electron chi connectivity index (χ2n) is 9.59. The number of carboxylic acids is 1. The maximum atomic E-state index is 12.3. The van der Waals surface area contributed by atoms with Crippen molar-refractivity contribution in [3.05, 3.63) is 0 Å². The van der Waals surface area contributed by atoms with E-state index in [-0.39, 0.29) is 5.78 Å². The molecular weight excluding hydrogens is 384 g/mol. The Labute approximate surface area is 194 Å². The lowest BCUT2D eigenvalue weighted by atomic mass is 9.93. The monoisotopic (exact) mass is 437 g/mol. The van der Waals surface area contributed by atoms with Gasteiger partial charge in [-0.1, -0.05) is 142 Å². The fourth-order valence-corrected chi connectivity index (χ4v) is 4.38. The third-order valence-corrected chi connectivity index (χ3v) is 6.55. The van der Waals surface area contributed by atoms with E-state index in [1.165, 1.54) is 96.3 Å². The number of carboxylic acid groups (broad SMARTS) is 1. The summed E-state index contributed by atoms with van der Waals surface area (Å²) in [7, 11) is 0. The molecule has 0 N–H and O–H groups in total. The van der Waals surface area contributed by atoms with Crippen molar-refractivity contribution in [2.24, 2.45) is 5.92 Å². The van der Waals surface area contributed by atoms with Crippen LogP contribution in [0.4, 0.5) is 0 Å². The van der Waals surface area contributed by atoms with Crippen molar-refractivity contribution in [2.45, 2.75) is 162 Å². The fraction of sp³-hybridized carbons (Fsp3) is 0.929. The average Bonchev–Trinajstić information content (AvgIpc) is 2.75. The molecule has 0 unspecified atom stereocenters. The molecule has 0 aliphatic rings. The number of hydrogen-bond acceptors (Lipinski definition) is 3. The Bertz CT molecular complexity index is 405. The first-order valence-corrected chi connectivity index (χ1v) is 13.9. The van der Waals surface area contributed by atoms with Gasteiger partial charge in [0.1, 0.15) is 5.78 Å². The Balaban J connectivity index is 3.63. The molecule has 0 amide bonds. The zero-order valence-corrected chi connectivity index (χ0v) is 21.1. The van der Waals surface area contributed by atoms with Gasteiger partial charge in [0.25, 0.3) is 0 Å². The molecule has 0 saturated carbocycles. The normalized spacial score (nSPS) is 12.2. The van der Waals surface area contributed by atoms with Crippen LogP contribution in [0, 0.1) is 5.92 Å². The van der Waals surface area contributed by atoms with Gasteiger partial charge in [-0.2, -0.15) is 0 Å². The van der Waals surface area contributed by atoms with E-state index in [4.69, 9.17) is 0 Å². The molecule has 0 aromatic carbocycles. The number of unbranched alkanes of at least 4 members (excludes halogenated alkanes) is 19. The van der Waals surface area contributed by atoms with Crippen LogP contribution in [0.25, 0.3) is 0 Å². The summed E-state index contributed by atoms with van der Waals surface area (Å²) in [4.78, 5) is 23.7. The van der Waals surface area contributed by atoms with Crippen LogP contribution in [0.5, 0.6) is 0 Å². The Morgan fingerprint density at radius 1 is 0.516 bits per heavy atom. The number of carbonyl (C=O) groups excluding carboxylic acids is 2. The van der Waals surface area contributed by atoms with Gasteiger partial charge in [0.2, 0.25) is 0 Å². The van der Waals surface area contributed by atoms with Gasteiger partial charge in [0.05, 0.1) is 11.9 Å². The predicted octanol–water partition coefficient (Wildman–Crippen LogP) is 7.93. The topological polar surface area (TPSA) is 57.2 Å². The molecule has 0 aromatic rings. The predicted molar refractivity (Wildman–Crippen MR) is 131 cm³/mol. The molecule has 184 valence electrons. The maximum absolute atomic E-state index is 12.3. The molecule has 0 saturated heterocycles. The zero-order chi connectivity index (χ0) is 23.0. The molecule has 31 heavy (non-hydrogen) atoms. The second kappa shape index (κ2) is 23.8. The Hall–Kier alpha value is -0.860. The SMILES string of the molecule is CCCCCCCCCCCCCC(=O)[C@@H](CCCCCCCCCCCC)C(=O)[O-]. The highest BCUT2D eigenvalue weighted by Gasteiger charge is 2.18. The molecular formula is C28H53O3-. The van der Waals surface area contributed by atoms with Gasteiger partial charge >= 0.3 is 0 Å².